The van der Waals surface area contributed by atoms with Crippen LogP contribution in [0.3, 0.4) is 0 Å². The highest BCUT2D eigenvalue weighted by atomic mass is 32.2. The van der Waals surface area contributed by atoms with E-state index in [0.717, 1.165) is 41.1 Å². The lowest BCUT2D eigenvalue weighted by molar-refractivity contribution is 0.0940. The summed E-state index contributed by atoms with van der Waals surface area (Å²) >= 11 is 1.69. The minimum atomic E-state index is -0.304. The second-order valence-corrected chi connectivity index (χ2v) is 8.16. The molecule has 1 saturated heterocycles. The Bertz CT molecular complexity index is 1070. The molecule has 0 atom stereocenters. The van der Waals surface area contributed by atoms with Gasteiger partial charge in [-0.05, 0) is 49.4 Å². The minimum Gasteiger partial charge on any atom is -0.378 e. The second-order valence-electron chi connectivity index (χ2n) is 7.28. The summed E-state index contributed by atoms with van der Waals surface area (Å²) in [5.41, 5.74) is 3.50. The number of ether oxygens (including phenoxy) is 1. The van der Waals surface area contributed by atoms with Gasteiger partial charge in [0.25, 0.3) is 5.91 Å². The van der Waals surface area contributed by atoms with Gasteiger partial charge in [0.2, 0.25) is 5.82 Å². The molecule has 2 aromatic heterocycles. The molecular formula is C22H25N5O2S. The molecule has 7 nitrogen and oxygen atoms in total. The third-order valence-electron chi connectivity index (χ3n) is 5.10. The van der Waals surface area contributed by atoms with Crippen molar-refractivity contribution in [1.82, 2.24) is 20.3 Å². The molecule has 0 bridgehead atoms. The van der Waals surface area contributed by atoms with E-state index in [0.29, 0.717) is 25.4 Å². The molecule has 0 spiro atoms. The Morgan fingerprint density at radius 3 is 2.57 bits per heavy atom. The molecule has 3 aromatic rings. The van der Waals surface area contributed by atoms with Crippen LogP contribution in [-0.4, -0.2) is 53.4 Å². The van der Waals surface area contributed by atoms with E-state index in [-0.39, 0.29) is 11.7 Å². The highest BCUT2D eigenvalue weighted by Crippen LogP contribution is 2.27. The molecule has 30 heavy (non-hydrogen) atoms. The second kappa shape index (κ2) is 8.97. The maximum Gasteiger partial charge on any atom is 0.289 e. The molecule has 0 unspecified atom stereocenters. The molecule has 0 radical (unpaired) electrons. The van der Waals surface area contributed by atoms with Crippen LogP contribution in [0.15, 0.2) is 35.2 Å². The predicted octanol–water partition coefficient (Wildman–Crippen LogP) is 3.13. The largest absolute Gasteiger partial charge is 0.378 e. The summed E-state index contributed by atoms with van der Waals surface area (Å²) < 4.78 is 5.48. The lowest BCUT2D eigenvalue weighted by Gasteiger charge is -2.29. The SMILES string of the molecule is CSc1ccc(CNC(=O)c2nc(N3CCOCC3)c3c(C)cc(C)nc3n2)cc1. The van der Waals surface area contributed by atoms with E-state index in [4.69, 9.17) is 4.74 Å². The third kappa shape index (κ3) is 4.39. The van der Waals surface area contributed by atoms with E-state index in [1.165, 1.54) is 4.90 Å². The Kier molecular flexibility index (Phi) is 6.15. The monoisotopic (exact) mass is 423 g/mol. The molecular weight excluding hydrogens is 398 g/mol. The maximum atomic E-state index is 12.9. The fraction of sp³-hybridized carbons (Fsp3) is 0.364. The molecule has 1 fully saturated rings. The molecule has 1 N–H and O–H groups in total. The Balaban J connectivity index is 1.64. The average Bonchev–Trinajstić information content (AvgIpc) is 2.77. The Labute approximate surface area is 180 Å². The minimum absolute atomic E-state index is 0.141. The molecule has 4 rings (SSSR count). The van der Waals surface area contributed by atoms with Gasteiger partial charge in [0.1, 0.15) is 5.82 Å². The van der Waals surface area contributed by atoms with Gasteiger partial charge in [-0.3, -0.25) is 4.79 Å². The summed E-state index contributed by atoms with van der Waals surface area (Å²) in [7, 11) is 0. The van der Waals surface area contributed by atoms with Crippen molar-refractivity contribution in [3.05, 3.63) is 53.0 Å². The topological polar surface area (TPSA) is 80.2 Å². The van der Waals surface area contributed by atoms with Crippen molar-refractivity contribution in [2.75, 3.05) is 37.5 Å². The standard InChI is InChI=1S/C22H25N5O2S/c1-14-12-15(2)24-19-18(14)21(27-8-10-29-11-9-27)26-20(25-19)22(28)23-13-16-4-6-17(30-3)7-5-16/h4-7,12H,8-11,13H2,1-3H3,(H,23,28). The van der Waals surface area contributed by atoms with Crippen molar-refractivity contribution in [2.45, 2.75) is 25.3 Å². The molecule has 8 heteroatoms. The Morgan fingerprint density at radius 1 is 1.13 bits per heavy atom. The molecule has 0 saturated carbocycles. The molecule has 1 aromatic carbocycles. The first kappa shape index (κ1) is 20.6. The van der Waals surface area contributed by atoms with Gasteiger partial charge in [0, 0.05) is 30.2 Å². The van der Waals surface area contributed by atoms with Gasteiger partial charge in [-0.1, -0.05) is 12.1 Å². The summed E-state index contributed by atoms with van der Waals surface area (Å²) in [5.74, 6) is 0.589. The van der Waals surface area contributed by atoms with Crippen LogP contribution >= 0.6 is 11.8 Å². The number of hydrogen-bond donors (Lipinski definition) is 1. The molecule has 1 aliphatic rings. The van der Waals surface area contributed by atoms with Crippen LogP contribution in [0.1, 0.15) is 27.4 Å². The first-order chi connectivity index (χ1) is 14.5. The van der Waals surface area contributed by atoms with Gasteiger partial charge < -0.3 is 15.0 Å². The number of pyridine rings is 1. The van der Waals surface area contributed by atoms with Crippen molar-refractivity contribution in [3.63, 3.8) is 0 Å². The number of nitrogens with one attached hydrogen (secondary N) is 1. The normalized spacial score (nSPS) is 14.2. The summed E-state index contributed by atoms with van der Waals surface area (Å²) in [5, 5.41) is 3.83. The van der Waals surface area contributed by atoms with Gasteiger partial charge in [-0.25, -0.2) is 15.0 Å². The Hall–Kier alpha value is -2.71. The van der Waals surface area contributed by atoms with Crippen molar-refractivity contribution >= 4 is 34.5 Å². The number of anilines is 1. The van der Waals surface area contributed by atoms with Crippen molar-refractivity contribution in [3.8, 4) is 0 Å². The number of benzene rings is 1. The summed E-state index contributed by atoms with van der Waals surface area (Å²) in [4.78, 5) is 30.0. The summed E-state index contributed by atoms with van der Waals surface area (Å²) in [6, 6.07) is 10.1. The van der Waals surface area contributed by atoms with E-state index >= 15 is 0 Å². The van der Waals surface area contributed by atoms with Crippen LogP contribution < -0.4 is 10.2 Å². The smallest absolute Gasteiger partial charge is 0.289 e. The lowest BCUT2D eigenvalue weighted by atomic mass is 10.1. The molecule has 0 aliphatic carbocycles. The van der Waals surface area contributed by atoms with E-state index < -0.39 is 0 Å². The number of hydrogen-bond acceptors (Lipinski definition) is 7. The average molecular weight is 424 g/mol. The van der Waals surface area contributed by atoms with Crippen LogP contribution in [0.25, 0.3) is 11.0 Å². The van der Waals surface area contributed by atoms with Crippen LogP contribution in [0.5, 0.6) is 0 Å². The number of carbonyl (C=O) groups is 1. The fourth-order valence-corrected chi connectivity index (χ4v) is 3.97. The number of carbonyl (C=O) groups excluding carboxylic acids is 1. The number of amides is 1. The number of aromatic nitrogens is 3. The van der Waals surface area contributed by atoms with E-state index in [2.05, 4.69) is 25.2 Å². The highest BCUT2D eigenvalue weighted by Gasteiger charge is 2.22. The van der Waals surface area contributed by atoms with Crippen molar-refractivity contribution in [1.29, 1.82) is 0 Å². The van der Waals surface area contributed by atoms with Crippen LogP contribution in [-0.2, 0) is 11.3 Å². The number of rotatable bonds is 5. The number of thioether (sulfide) groups is 1. The van der Waals surface area contributed by atoms with Gasteiger partial charge in [-0.2, -0.15) is 0 Å². The van der Waals surface area contributed by atoms with Crippen LogP contribution in [0.4, 0.5) is 5.82 Å². The van der Waals surface area contributed by atoms with Gasteiger partial charge in [0.15, 0.2) is 5.65 Å². The van der Waals surface area contributed by atoms with Crippen LogP contribution in [0.2, 0.25) is 0 Å². The molecule has 3 heterocycles. The van der Waals surface area contributed by atoms with Gasteiger partial charge in [-0.15, -0.1) is 11.8 Å². The fourth-order valence-electron chi connectivity index (χ4n) is 3.57. The quantitative estimate of drug-likeness (QED) is 0.632. The Morgan fingerprint density at radius 2 is 1.87 bits per heavy atom. The third-order valence-corrected chi connectivity index (χ3v) is 5.84. The lowest BCUT2D eigenvalue weighted by Crippen LogP contribution is -2.37. The molecule has 1 amide bonds. The number of aryl methyl sites for hydroxylation is 2. The molecule has 156 valence electrons. The first-order valence-electron chi connectivity index (χ1n) is 9.95. The zero-order chi connectivity index (χ0) is 21.1. The predicted molar refractivity (Wildman–Crippen MR) is 119 cm³/mol. The van der Waals surface area contributed by atoms with Crippen LogP contribution in [0, 0.1) is 13.8 Å². The van der Waals surface area contributed by atoms with E-state index in [1.807, 2.05) is 50.4 Å². The van der Waals surface area contributed by atoms with Gasteiger partial charge >= 0.3 is 0 Å². The summed E-state index contributed by atoms with van der Waals surface area (Å²) in [6.07, 6.45) is 2.04. The maximum absolute atomic E-state index is 12.9. The zero-order valence-corrected chi connectivity index (χ0v) is 18.3. The van der Waals surface area contributed by atoms with E-state index in [9.17, 15) is 4.79 Å². The molecule has 1 aliphatic heterocycles. The number of nitrogens with zero attached hydrogens (tertiary/aromatic N) is 4. The zero-order valence-electron chi connectivity index (χ0n) is 17.4. The first-order valence-corrected chi connectivity index (χ1v) is 11.2. The van der Waals surface area contributed by atoms with Gasteiger partial charge in [0.05, 0.1) is 18.6 Å². The van der Waals surface area contributed by atoms with Crippen molar-refractivity contribution in [2.24, 2.45) is 0 Å². The van der Waals surface area contributed by atoms with E-state index in [1.54, 1.807) is 11.8 Å². The number of fused-ring (bicyclic) bond motifs is 1. The number of morpholine rings is 1. The van der Waals surface area contributed by atoms with Crippen molar-refractivity contribution < 1.29 is 9.53 Å². The highest BCUT2D eigenvalue weighted by molar-refractivity contribution is 7.98. The summed E-state index contributed by atoms with van der Waals surface area (Å²) in [6.45, 7) is 7.10.